The van der Waals surface area contributed by atoms with Gasteiger partial charge in [0.2, 0.25) is 0 Å². The monoisotopic (exact) mass is 462 g/mol. The summed E-state index contributed by atoms with van der Waals surface area (Å²) in [6, 6.07) is 25.9. The molecule has 0 radical (unpaired) electrons. The van der Waals surface area contributed by atoms with Crippen molar-refractivity contribution in [3.8, 4) is 16.8 Å². The lowest BCUT2D eigenvalue weighted by Crippen LogP contribution is -2.11. The van der Waals surface area contributed by atoms with E-state index in [0.717, 1.165) is 27.7 Å². The number of fused-ring (bicyclic) bond motifs is 1. The fourth-order valence-electron chi connectivity index (χ4n) is 4.20. The number of esters is 1. The van der Waals surface area contributed by atoms with E-state index in [9.17, 15) is 4.79 Å². The third kappa shape index (κ3) is 4.55. The molecule has 0 aliphatic rings. The third-order valence-corrected chi connectivity index (χ3v) is 6.06. The molecule has 5 rings (SSSR count). The van der Waals surface area contributed by atoms with Crippen molar-refractivity contribution in [2.75, 3.05) is 0 Å². The Morgan fingerprint density at radius 1 is 0.943 bits per heavy atom. The first-order valence-electron chi connectivity index (χ1n) is 11.6. The molecule has 0 atom stereocenters. The molecule has 6 nitrogen and oxygen atoms in total. The number of aromatic nitrogens is 4. The van der Waals surface area contributed by atoms with Crippen LogP contribution in [0, 0.1) is 6.92 Å². The van der Waals surface area contributed by atoms with Crippen LogP contribution in [0.1, 0.15) is 47.1 Å². The summed E-state index contributed by atoms with van der Waals surface area (Å²) < 4.78 is 7.40. The molecule has 0 unspecified atom stereocenters. The van der Waals surface area contributed by atoms with Gasteiger partial charge in [0.05, 0.1) is 28.7 Å². The van der Waals surface area contributed by atoms with Gasteiger partial charge < -0.3 is 4.74 Å². The zero-order valence-electron chi connectivity index (χ0n) is 20.0. The van der Waals surface area contributed by atoms with Gasteiger partial charge >= 0.3 is 5.97 Å². The summed E-state index contributed by atoms with van der Waals surface area (Å²) in [5, 5.41) is 9.30. The second-order valence-corrected chi connectivity index (χ2v) is 8.81. The number of rotatable bonds is 6. The Labute approximate surface area is 204 Å². The van der Waals surface area contributed by atoms with Crippen LogP contribution < -0.4 is 0 Å². The van der Waals surface area contributed by atoms with Gasteiger partial charge in [-0.1, -0.05) is 79.7 Å². The molecule has 5 aromatic rings. The number of ether oxygens (including phenoxy) is 1. The predicted octanol–water partition coefficient (Wildman–Crippen LogP) is 6.27. The summed E-state index contributed by atoms with van der Waals surface area (Å²) in [6.45, 7) is 6.18. The van der Waals surface area contributed by atoms with Crippen molar-refractivity contribution >= 4 is 16.9 Å². The lowest BCUT2D eigenvalue weighted by atomic mass is 9.94. The molecular formula is C29H26N4O2. The first kappa shape index (κ1) is 22.5. The second-order valence-electron chi connectivity index (χ2n) is 8.81. The molecule has 0 aliphatic carbocycles. The molecule has 2 heterocycles. The Hall–Kier alpha value is -4.32. The van der Waals surface area contributed by atoms with E-state index in [1.807, 2.05) is 73.7 Å². The Kier molecular flexibility index (Phi) is 6.10. The van der Waals surface area contributed by atoms with Crippen molar-refractivity contribution in [2.45, 2.75) is 33.3 Å². The van der Waals surface area contributed by atoms with Gasteiger partial charge in [-0.25, -0.2) is 9.48 Å². The summed E-state index contributed by atoms with van der Waals surface area (Å²) in [5.41, 5.74) is 6.43. The van der Waals surface area contributed by atoms with Crippen LogP contribution in [0.25, 0.3) is 27.7 Å². The standard InChI is InChI=1S/C29H26N4O2/c1-19(2)21-13-15-24(16-14-21)33-17-23(31-32-33)18-35-29(34)27-20(3)30-26-12-8-7-11-25(26)28(27)22-9-5-4-6-10-22/h4-17,19H,18H2,1-3H3. The van der Waals surface area contributed by atoms with E-state index in [2.05, 4.69) is 41.3 Å². The molecule has 0 saturated heterocycles. The van der Waals surface area contributed by atoms with E-state index < -0.39 is 5.97 Å². The lowest BCUT2D eigenvalue weighted by molar-refractivity contribution is 0.0467. The minimum Gasteiger partial charge on any atom is -0.455 e. The molecule has 0 fully saturated rings. The smallest absolute Gasteiger partial charge is 0.341 e. The van der Waals surface area contributed by atoms with Crippen molar-refractivity contribution in [1.82, 2.24) is 20.0 Å². The van der Waals surface area contributed by atoms with Gasteiger partial charge in [-0.05, 0) is 42.2 Å². The molecule has 2 aromatic heterocycles. The maximum Gasteiger partial charge on any atom is 0.341 e. The van der Waals surface area contributed by atoms with Gasteiger partial charge in [0.25, 0.3) is 0 Å². The van der Waals surface area contributed by atoms with Gasteiger partial charge in [0, 0.05) is 10.9 Å². The summed E-state index contributed by atoms with van der Waals surface area (Å²) in [7, 11) is 0. The second kappa shape index (κ2) is 9.50. The van der Waals surface area contributed by atoms with Crippen LogP contribution in [-0.4, -0.2) is 25.9 Å². The molecule has 3 aromatic carbocycles. The highest BCUT2D eigenvalue weighted by atomic mass is 16.5. The van der Waals surface area contributed by atoms with Gasteiger partial charge in [-0.3, -0.25) is 4.98 Å². The summed E-state index contributed by atoms with van der Waals surface area (Å²) in [4.78, 5) is 18.0. The van der Waals surface area contributed by atoms with Gasteiger partial charge in [-0.15, -0.1) is 5.10 Å². The molecular weight excluding hydrogens is 436 g/mol. The van der Waals surface area contributed by atoms with Crippen molar-refractivity contribution in [1.29, 1.82) is 0 Å². The molecule has 6 heteroatoms. The zero-order valence-corrected chi connectivity index (χ0v) is 20.0. The summed E-state index contributed by atoms with van der Waals surface area (Å²) in [5.74, 6) is 0.0269. The molecule has 0 N–H and O–H groups in total. The predicted molar refractivity (Wildman–Crippen MR) is 136 cm³/mol. The Bertz CT molecular complexity index is 1490. The number of benzene rings is 3. The van der Waals surface area contributed by atoms with Gasteiger partial charge in [0.15, 0.2) is 0 Å². The van der Waals surface area contributed by atoms with E-state index in [1.54, 1.807) is 10.9 Å². The van der Waals surface area contributed by atoms with E-state index in [1.165, 1.54) is 5.56 Å². The van der Waals surface area contributed by atoms with Crippen molar-refractivity contribution in [3.63, 3.8) is 0 Å². The first-order chi connectivity index (χ1) is 17.0. The quantitative estimate of drug-likeness (QED) is 0.278. The van der Waals surface area contributed by atoms with Crippen molar-refractivity contribution < 1.29 is 9.53 Å². The molecule has 0 saturated carbocycles. The number of para-hydroxylation sites is 1. The van der Waals surface area contributed by atoms with Crippen LogP contribution in [0.4, 0.5) is 0 Å². The van der Waals surface area contributed by atoms with E-state index in [4.69, 9.17) is 4.74 Å². The number of aryl methyl sites for hydroxylation is 1. The molecule has 0 aliphatic heterocycles. The van der Waals surface area contributed by atoms with Gasteiger partial charge in [-0.2, -0.15) is 0 Å². The minimum atomic E-state index is -0.435. The number of carbonyl (C=O) groups excluding carboxylic acids is 1. The van der Waals surface area contributed by atoms with E-state index in [0.29, 0.717) is 22.9 Å². The fourth-order valence-corrected chi connectivity index (χ4v) is 4.20. The molecule has 0 amide bonds. The average molecular weight is 463 g/mol. The number of hydrogen-bond donors (Lipinski definition) is 0. The largest absolute Gasteiger partial charge is 0.455 e. The van der Waals surface area contributed by atoms with Gasteiger partial charge in [0.1, 0.15) is 12.3 Å². The highest BCUT2D eigenvalue weighted by Gasteiger charge is 2.22. The molecule has 0 spiro atoms. The molecule has 35 heavy (non-hydrogen) atoms. The normalized spacial score (nSPS) is 11.2. The lowest BCUT2D eigenvalue weighted by Gasteiger charge is -2.15. The van der Waals surface area contributed by atoms with Crippen LogP contribution in [0.3, 0.4) is 0 Å². The molecule has 174 valence electrons. The maximum absolute atomic E-state index is 13.3. The third-order valence-electron chi connectivity index (χ3n) is 6.06. The number of nitrogens with zero attached hydrogens (tertiary/aromatic N) is 4. The Morgan fingerprint density at radius 3 is 2.40 bits per heavy atom. The topological polar surface area (TPSA) is 69.9 Å². The van der Waals surface area contributed by atoms with Crippen LogP contribution in [0.5, 0.6) is 0 Å². The van der Waals surface area contributed by atoms with Crippen LogP contribution in [0.2, 0.25) is 0 Å². The zero-order chi connectivity index (χ0) is 24.4. The molecule has 0 bridgehead atoms. The average Bonchev–Trinajstić information content (AvgIpc) is 3.36. The number of carbonyl (C=O) groups is 1. The number of hydrogen-bond acceptors (Lipinski definition) is 5. The van der Waals surface area contributed by atoms with Crippen LogP contribution in [0.15, 0.2) is 85.1 Å². The van der Waals surface area contributed by atoms with E-state index >= 15 is 0 Å². The summed E-state index contributed by atoms with van der Waals surface area (Å²) >= 11 is 0. The SMILES string of the molecule is Cc1nc2ccccc2c(-c2ccccc2)c1C(=O)OCc1cn(-c2ccc(C(C)C)cc2)nn1. The van der Waals surface area contributed by atoms with Crippen molar-refractivity contribution in [3.05, 3.63) is 108 Å². The maximum atomic E-state index is 13.3. The number of pyridine rings is 1. The van der Waals surface area contributed by atoms with Crippen LogP contribution >= 0.6 is 0 Å². The Balaban J connectivity index is 1.42. The minimum absolute atomic E-state index is 0.0173. The van der Waals surface area contributed by atoms with Crippen molar-refractivity contribution in [2.24, 2.45) is 0 Å². The highest BCUT2D eigenvalue weighted by molar-refractivity contribution is 6.07. The summed E-state index contributed by atoms with van der Waals surface area (Å²) in [6.07, 6.45) is 1.78. The Morgan fingerprint density at radius 2 is 1.66 bits per heavy atom. The first-order valence-corrected chi connectivity index (χ1v) is 11.6. The fraction of sp³-hybridized carbons (Fsp3) is 0.172. The van der Waals surface area contributed by atoms with E-state index in [-0.39, 0.29) is 6.61 Å². The highest BCUT2D eigenvalue weighted by Crippen LogP contribution is 2.33. The van der Waals surface area contributed by atoms with Crippen LogP contribution in [-0.2, 0) is 11.3 Å².